The fourth-order valence-corrected chi connectivity index (χ4v) is 1.69. The lowest BCUT2D eigenvalue weighted by Crippen LogP contribution is -2.22. The largest absolute Gasteiger partial charge is 0.435 e. The van der Waals surface area contributed by atoms with Gasteiger partial charge < -0.3 is 10.2 Å². The van der Waals surface area contributed by atoms with Gasteiger partial charge in [-0.05, 0) is 25.1 Å². The van der Waals surface area contributed by atoms with E-state index < -0.39 is 6.04 Å². The van der Waals surface area contributed by atoms with Crippen LogP contribution in [0.4, 0.5) is 5.69 Å². The summed E-state index contributed by atoms with van der Waals surface area (Å²) in [4.78, 5) is 23.4. The van der Waals surface area contributed by atoms with Gasteiger partial charge >= 0.3 is 0 Å². The molecule has 6 heteroatoms. The van der Waals surface area contributed by atoms with Gasteiger partial charge in [-0.1, -0.05) is 0 Å². The maximum absolute atomic E-state index is 11.2. The number of carbonyl (C=O) groups is 1. The summed E-state index contributed by atoms with van der Waals surface area (Å²) < 4.78 is 5.55. The molecule has 0 aliphatic carbocycles. The lowest BCUT2D eigenvalue weighted by Gasteiger charge is -2.06. The van der Waals surface area contributed by atoms with Crippen molar-refractivity contribution in [1.29, 1.82) is 0 Å². The molecule has 0 radical (unpaired) electrons. The molecule has 0 spiro atoms. The molecule has 2 aromatic rings. The average Bonchev–Trinajstić information content (AvgIpc) is 2.75. The highest BCUT2D eigenvalue weighted by molar-refractivity contribution is 6.39. The summed E-state index contributed by atoms with van der Waals surface area (Å²) in [6.45, 7) is 1.68. The number of benzene rings is 1. The minimum atomic E-state index is -0.495. The molecular weight excluding hydrogens is 232 g/mol. The molecule has 0 saturated heterocycles. The molecular formula is C12H10N4O2. The Morgan fingerprint density at radius 3 is 3.00 bits per heavy atom. The first-order valence-corrected chi connectivity index (χ1v) is 5.45. The van der Waals surface area contributed by atoms with E-state index in [2.05, 4.69) is 15.0 Å². The van der Waals surface area contributed by atoms with E-state index in [1.807, 2.05) is 0 Å². The maximum Gasteiger partial charge on any atom is 0.270 e. The van der Waals surface area contributed by atoms with Crippen LogP contribution in [0.25, 0.3) is 11.1 Å². The number of nitrogens with zero attached hydrogens (tertiary/aromatic N) is 3. The standard InChI is InChI=1S/C12H10N4O2/c1-6-11(17)14-5-9(15-6)12-16-8-4-7(13)2-3-10(8)18-12/h2-6H,13H2,1H3. The third kappa shape index (κ3) is 1.67. The van der Waals surface area contributed by atoms with Crippen LogP contribution in [0.2, 0.25) is 0 Å². The predicted octanol–water partition coefficient (Wildman–Crippen LogP) is 1.20. The van der Waals surface area contributed by atoms with Crippen LogP contribution >= 0.6 is 0 Å². The number of aromatic nitrogens is 1. The highest BCUT2D eigenvalue weighted by Crippen LogP contribution is 2.19. The number of hydrogen-bond acceptors (Lipinski definition) is 5. The smallest absolute Gasteiger partial charge is 0.270 e. The van der Waals surface area contributed by atoms with Gasteiger partial charge in [-0.15, -0.1) is 0 Å². The van der Waals surface area contributed by atoms with Crippen LogP contribution in [0, 0.1) is 0 Å². The van der Waals surface area contributed by atoms with Gasteiger partial charge in [0.2, 0.25) is 5.89 Å². The van der Waals surface area contributed by atoms with Gasteiger partial charge in [0.1, 0.15) is 17.3 Å². The van der Waals surface area contributed by atoms with Crippen molar-refractivity contribution < 1.29 is 9.21 Å². The highest BCUT2D eigenvalue weighted by Gasteiger charge is 2.19. The number of carbonyl (C=O) groups excluding carboxylic acids is 1. The van der Waals surface area contributed by atoms with Crippen LogP contribution in [-0.4, -0.2) is 28.9 Å². The van der Waals surface area contributed by atoms with Gasteiger partial charge in [0.25, 0.3) is 5.91 Å². The summed E-state index contributed by atoms with van der Waals surface area (Å²) in [5.74, 6) is 0.0813. The fourth-order valence-electron chi connectivity index (χ4n) is 1.69. The highest BCUT2D eigenvalue weighted by atomic mass is 16.3. The van der Waals surface area contributed by atoms with Crippen LogP contribution in [0.1, 0.15) is 12.8 Å². The molecule has 0 saturated carbocycles. The van der Waals surface area contributed by atoms with Crippen molar-refractivity contribution in [2.75, 3.05) is 5.73 Å². The Balaban J connectivity index is 2.08. The quantitative estimate of drug-likeness (QED) is 0.760. The van der Waals surface area contributed by atoms with Gasteiger partial charge in [0.15, 0.2) is 5.58 Å². The molecule has 2 N–H and O–H groups in total. The molecule has 1 aliphatic heterocycles. The second kappa shape index (κ2) is 3.76. The predicted molar refractivity (Wildman–Crippen MR) is 67.9 cm³/mol. The molecule has 1 aliphatic rings. The molecule has 18 heavy (non-hydrogen) atoms. The number of aliphatic imine (C=N–C) groups is 2. The van der Waals surface area contributed by atoms with Crippen LogP contribution < -0.4 is 5.73 Å². The van der Waals surface area contributed by atoms with Gasteiger partial charge in [-0.2, -0.15) is 0 Å². The Morgan fingerprint density at radius 1 is 1.39 bits per heavy atom. The molecule has 0 bridgehead atoms. The number of amides is 1. The fraction of sp³-hybridized carbons (Fsp3) is 0.167. The zero-order valence-electron chi connectivity index (χ0n) is 9.62. The van der Waals surface area contributed by atoms with E-state index in [1.54, 1.807) is 25.1 Å². The zero-order valence-corrected chi connectivity index (χ0v) is 9.62. The molecule has 1 aromatic heterocycles. The van der Waals surface area contributed by atoms with Gasteiger partial charge in [0.05, 0.1) is 6.21 Å². The first-order chi connectivity index (χ1) is 8.63. The van der Waals surface area contributed by atoms with E-state index in [0.29, 0.717) is 28.4 Å². The van der Waals surface area contributed by atoms with E-state index in [4.69, 9.17) is 10.2 Å². The summed E-state index contributed by atoms with van der Waals surface area (Å²) in [6.07, 6.45) is 1.37. The number of oxazole rings is 1. The van der Waals surface area contributed by atoms with Crippen molar-refractivity contribution in [3.63, 3.8) is 0 Å². The van der Waals surface area contributed by atoms with Crippen LogP contribution in [0.3, 0.4) is 0 Å². The van der Waals surface area contributed by atoms with Gasteiger partial charge in [-0.3, -0.25) is 9.79 Å². The lowest BCUT2D eigenvalue weighted by atomic mass is 10.2. The topological polar surface area (TPSA) is 93.8 Å². The number of nitrogen functional groups attached to an aromatic ring is 1. The Labute approximate surface area is 102 Å². The Bertz CT molecular complexity index is 699. The molecule has 2 heterocycles. The van der Waals surface area contributed by atoms with Crippen LogP contribution in [0.5, 0.6) is 0 Å². The van der Waals surface area contributed by atoms with E-state index in [1.165, 1.54) is 6.21 Å². The summed E-state index contributed by atoms with van der Waals surface area (Å²) in [6, 6.07) is 4.71. The van der Waals surface area contributed by atoms with Gasteiger partial charge in [-0.25, -0.2) is 9.98 Å². The van der Waals surface area contributed by atoms with Crippen molar-refractivity contribution in [2.45, 2.75) is 13.0 Å². The van der Waals surface area contributed by atoms with Crippen LogP contribution in [-0.2, 0) is 4.79 Å². The number of nitrogens with two attached hydrogens (primary N) is 1. The summed E-state index contributed by atoms with van der Waals surface area (Å²) in [5, 5.41) is 0. The van der Waals surface area contributed by atoms with Crippen molar-refractivity contribution in [1.82, 2.24) is 4.98 Å². The molecule has 1 aromatic carbocycles. The van der Waals surface area contributed by atoms with Crippen molar-refractivity contribution in [3.05, 3.63) is 24.1 Å². The Morgan fingerprint density at radius 2 is 2.22 bits per heavy atom. The van der Waals surface area contributed by atoms with Crippen molar-refractivity contribution >= 4 is 34.6 Å². The molecule has 1 atom stereocenters. The average molecular weight is 242 g/mol. The lowest BCUT2D eigenvalue weighted by molar-refractivity contribution is -0.118. The number of fused-ring (bicyclic) bond motifs is 1. The molecule has 0 fully saturated rings. The maximum atomic E-state index is 11.2. The van der Waals surface area contributed by atoms with Gasteiger partial charge in [0, 0.05) is 5.69 Å². The summed E-state index contributed by atoms with van der Waals surface area (Å²) >= 11 is 0. The summed E-state index contributed by atoms with van der Waals surface area (Å²) in [5.41, 5.74) is 8.04. The minimum absolute atomic E-state index is 0.265. The first-order valence-electron chi connectivity index (χ1n) is 5.45. The SMILES string of the molecule is CC1N=C(c2nc3cc(N)ccc3o2)C=NC1=O. The van der Waals surface area contributed by atoms with Crippen LogP contribution in [0.15, 0.2) is 32.6 Å². The van der Waals surface area contributed by atoms with E-state index in [-0.39, 0.29) is 5.91 Å². The molecule has 6 nitrogen and oxygen atoms in total. The molecule has 1 amide bonds. The second-order valence-electron chi connectivity index (χ2n) is 4.03. The third-order valence-corrected chi connectivity index (χ3v) is 2.63. The number of anilines is 1. The Hall–Kier alpha value is -2.50. The first kappa shape index (κ1) is 10.6. The molecule has 1 unspecified atom stereocenters. The van der Waals surface area contributed by atoms with Crippen molar-refractivity contribution in [3.8, 4) is 0 Å². The number of hydrogen-bond donors (Lipinski definition) is 1. The zero-order chi connectivity index (χ0) is 12.7. The monoisotopic (exact) mass is 242 g/mol. The van der Waals surface area contributed by atoms with E-state index in [0.717, 1.165) is 0 Å². The molecule has 90 valence electrons. The van der Waals surface area contributed by atoms with E-state index in [9.17, 15) is 4.79 Å². The minimum Gasteiger partial charge on any atom is -0.435 e. The molecule has 3 rings (SSSR count). The second-order valence-corrected chi connectivity index (χ2v) is 4.03. The number of rotatable bonds is 1. The Kier molecular flexibility index (Phi) is 2.22. The van der Waals surface area contributed by atoms with E-state index >= 15 is 0 Å². The normalized spacial score (nSPS) is 19.3. The third-order valence-electron chi connectivity index (χ3n) is 2.63. The summed E-state index contributed by atoms with van der Waals surface area (Å²) in [7, 11) is 0. The van der Waals surface area contributed by atoms with Crippen molar-refractivity contribution in [2.24, 2.45) is 9.98 Å².